The van der Waals surface area contributed by atoms with Gasteiger partial charge in [0.2, 0.25) is 0 Å². The number of hydrogen-bond acceptors (Lipinski definition) is 5. The van der Waals surface area contributed by atoms with Crippen molar-refractivity contribution in [3.63, 3.8) is 0 Å². The Morgan fingerprint density at radius 2 is 1.71 bits per heavy atom. The molecule has 14 heteroatoms. The van der Waals surface area contributed by atoms with E-state index in [-0.39, 0.29) is 48.0 Å². The maximum absolute atomic E-state index is 12.9. The van der Waals surface area contributed by atoms with Gasteiger partial charge < -0.3 is 10.6 Å². The summed E-state index contributed by atoms with van der Waals surface area (Å²) < 4.78 is 76.9. The number of nitrogens with zero attached hydrogens (tertiary/aromatic N) is 2. The van der Waals surface area contributed by atoms with E-state index in [0.717, 1.165) is 12.1 Å². The molecule has 0 radical (unpaired) electrons. The summed E-state index contributed by atoms with van der Waals surface area (Å²) >= 11 is 5.84. The van der Waals surface area contributed by atoms with Crippen LogP contribution in [-0.2, 0) is 12.4 Å². The quantitative estimate of drug-likeness (QED) is 0.259. The molecule has 31 heavy (non-hydrogen) atoms. The number of amides is 1. The first-order chi connectivity index (χ1) is 14.3. The van der Waals surface area contributed by atoms with Gasteiger partial charge in [0, 0.05) is 31.4 Å². The summed E-state index contributed by atoms with van der Waals surface area (Å²) in [5.41, 5.74) is -4.24. The summed E-state index contributed by atoms with van der Waals surface area (Å²) in [6, 6.07) is 3.55. The number of carbonyl (C=O) groups excluding carboxylic acids is 1. The van der Waals surface area contributed by atoms with E-state index >= 15 is 0 Å². The van der Waals surface area contributed by atoms with Gasteiger partial charge in [-0.15, -0.1) is 0 Å². The first kappa shape index (κ1) is 24.2. The highest BCUT2D eigenvalue weighted by Gasteiger charge is 2.43. The lowest BCUT2D eigenvalue weighted by Crippen LogP contribution is -2.26. The van der Waals surface area contributed by atoms with Gasteiger partial charge in [-0.25, -0.2) is 4.98 Å². The Kier molecular flexibility index (Phi) is 7.31. The molecular weight excluding hydrogens is 458 g/mol. The molecule has 0 aliphatic carbocycles. The van der Waals surface area contributed by atoms with E-state index in [2.05, 4.69) is 15.6 Å². The van der Waals surface area contributed by atoms with Gasteiger partial charge in [0.25, 0.3) is 11.6 Å². The zero-order valence-electron chi connectivity index (χ0n) is 15.3. The van der Waals surface area contributed by atoms with Gasteiger partial charge in [0.05, 0.1) is 26.6 Å². The van der Waals surface area contributed by atoms with Gasteiger partial charge >= 0.3 is 12.4 Å². The number of hydrogen-bond donors (Lipinski definition) is 2. The molecule has 0 saturated carbocycles. The van der Waals surface area contributed by atoms with Crippen LogP contribution in [-0.4, -0.2) is 28.9 Å². The number of nitrogens with one attached hydrogen (secondary N) is 2. The van der Waals surface area contributed by atoms with Gasteiger partial charge in [0.1, 0.15) is 5.82 Å². The standard InChI is InChI=1S/C17H13ClF6N4O3/c18-13-3-2-9(28(30)31)6-10(13)15(29)26-5-1-4-25-14-7-11(16(19,20)21)12(8-27-14)17(22,23)24/h2-3,6-8H,1,4-5H2,(H,25,27)(H,26,29). The van der Waals surface area contributed by atoms with Gasteiger partial charge in [-0.2, -0.15) is 26.3 Å². The number of non-ortho nitro benzene ring substituents is 1. The average Bonchev–Trinajstić information content (AvgIpc) is 2.66. The van der Waals surface area contributed by atoms with Crippen molar-refractivity contribution < 1.29 is 36.1 Å². The molecule has 0 atom stereocenters. The van der Waals surface area contributed by atoms with Crippen LogP contribution in [0.1, 0.15) is 27.9 Å². The van der Waals surface area contributed by atoms with Crippen LogP contribution in [0.2, 0.25) is 5.02 Å². The topological polar surface area (TPSA) is 97.2 Å². The molecule has 1 heterocycles. The molecule has 2 rings (SSSR count). The number of nitro groups is 1. The third kappa shape index (κ3) is 6.44. The van der Waals surface area contributed by atoms with E-state index in [9.17, 15) is 41.3 Å². The second-order valence-electron chi connectivity index (χ2n) is 6.07. The number of carbonyl (C=O) groups is 1. The molecule has 0 spiro atoms. The highest BCUT2D eigenvalue weighted by atomic mass is 35.5. The second kappa shape index (κ2) is 9.37. The van der Waals surface area contributed by atoms with Crippen molar-refractivity contribution >= 4 is 29.0 Å². The summed E-state index contributed by atoms with van der Waals surface area (Å²) in [5.74, 6) is -1.13. The van der Waals surface area contributed by atoms with Gasteiger partial charge in [-0.05, 0) is 18.6 Å². The van der Waals surface area contributed by atoms with Gasteiger partial charge in [-0.3, -0.25) is 14.9 Å². The fourth-order valence-electron chi connectivity index (χ4n) is 2.42. The second-order valence-corrected chi connectivity index (χ2v) is 6.48. The molecular formula is C17H13ClF6N4O3. The third-order valence-electron chi connectivity index (χ3n) is 3.87. The summed E-state index contributed by atoms with van der Waals surface area (Å²) in [7, 11) is 0. The molecule has 1 aromatic heterocycles. The first-order valence-electron chi connectivity index (χ1n) is 8.41. The van der Waals surface area contributed by atoms with E-state index in [1.165, 1.54) is 6.07 Å². The normalized spacial score (nSPS) is 11.8. The number of benzene rings is 1. The maximum Gasteiger partial charge on any atom is 0.418 e. The fraction of sp³-hybridized carbons (Fsp3) is 0.294. The molecule has 1 amide bonds. The van der Waals surface area contributed by atoms with E-state index in [4.69, 9.17) is 11.6 Å². The van der Waals surface area contributed by atoms with Gasteiger partial charge in [-0.1, -0.05) is 11.6 Å². The molecule has 0 bridgehead atoms. The van der Waals surface area contributed by atoms with Crippen molar-refractivity contribution in [1.82, 2.24) is 10.3 Å². The van der Waals surface area contributed by atoms with Crippen molar-refractivity contribution in [2.24, 2.45) is 0 Å². The van der Waals surface area contributed by atoms with Crippen LogP contribution in [0, 0.1) is 10.1 Å². The van der Waals surface area contributed by atoms with E-state index in [1.807, 2.05) is 0 Å². The minimum atomic E-state index is -5.23. The van der Waals surface area contributed by atoms with Crippen LogP contribution < -0.4 is 10.6 Å². The Labute approximate surface area is 175 Å². The van der Waals surface area contributed by atoms with Crippen LogP contribution in [0.5, 0.6) is 0 Å². The van der Waals surface area contributed by atoms with E-state index < -0.39 is 40.1 Å². The minimum Gasteiger partial charge on any atom is -0.370 e. The number of pyridine rings is 1. The lowest BCUT2D eigenvalue weighted by Gasteiger charge is -2.16. The van der Waals surface area contributed by atoms with Gasteiger partial charge in [0.15, 0.2) is 0 Å². The largest absolute Gasteiger partial charge is 0.418 e. The number of anilines is 1. The third-order valence-corrected chi connectivity index (χ3v) is 4.19. The zero-order chi connectivity index (χ0) is 23.4. The molecule has 2 aromatic rings. The van der Waals surface area contributed by atoms with Crippen molar-refractivity contribution in [1.29, 1.82) is 0 Å². The number of nitro benzene ring substituents is 1. The molecule has 0 unspecified atom stereocenters. The molecule has 0 fully saturated rings. The molecule has 0 aliphatic rings. The minimum absolute atomic E-state index is 0.00236. The number of halogens is 7. The van der Waals surface area contributed by atoms with Crippen LogP contribution in [0.3, 0.4) is 0 Å². The summed E-state index contributed by atoms with van der Waals surface area (Å²) in [5, 5.41) is 15.6. The summed E-state index contributed by atoms with van der Waals surface area (Å²) in [4.78, 5) is 25.5. The van der Waals surface area contributed by atoms with E-state index in [0.29, 0.717) is 0 Å². The molecule has 2 N–H and O–H groups in total. The highest BCUT2D eigenvalue weighted by Crippen LogP contribution is 2.40. The summed E-state index contributed by atoms with van der Waals surface area (Å²) in [6.07, 6.45) is -10.2. The van der Waals surface area contributed by atoms with Crippen molar-refractivity contribution in [2.45, 2.75) is 18.8 Å². The van der Waals surface area contributed by atoms with Crippen LogP contribution in [0.25, 0.3) is 0 Å². The number of aromatic nitrogens is 1. The first-order valence-corrected chi connectivity index (χ1v) is 8.79. The highest BCUT2D eigenvalue weighted by molar-refractivity contribution is 6.33. The van der Waals surface area contributed by atoms with Crippen molar-refractivity contribution in [3.8, 4) is 0 Å². The van der Waals surface area contributed by atoms with Crippen LogP contribution in [0.4, 0.5) is 37.8 Å². The molecule has 0 aliphatic heterocycles. The Balaban J connectivity index is 1.94. The SMILES string of the molecule is O=C(NCCCNc1cc(C(F)(F)F)c(C(F)(F)F)cn1)c1cc([N+](=O)[O-])ccc1Cl. The fourth-order valence-corrected chi connectivity index (χ4v) is 2.62. The zero-order valence-corrected chi connectivity index (χ0v) is 16.0. The predicted molar refractivity (Wildman–Crippen MR) is 97.8 cm³/mol. The molecule has 1 aromatic carbocycles. The Morgan fingerprint density at radius 3 is 2.29 bits per heavy atom. The molecule has 0 saturated heterocycles. The van der Waals surface area contributed by atoms with Crippen LogP contribution >= 0.6 is 11.6 Å². The summed E-state index contributed by atoms with van der Waals surface area (Å²) in [6.45, 7) is -0.0315. The Morgan fingerprint density at radius 1 is 1.06 bits per heavy atom. The Hall–Kier alpha value is -3.09. The number of alkyl halides is 6. The smallest absolute Gasteiger partial charge is 0.370 e. The molecule has 7 nitrogen and oxygen atoms in total. The van der Waals surface area contributed by atoms with Crippen LogP contribution in [0.15, 0.2) is 30.5 Å². The lowest BCUT2D eigenvalue weighted by atomic mass is 10.1. The van der Waals surface area contributed by atoms with E-state index in [1.54, 1.807) is 0 Å². The Bertz CT molecular complexity index is 981. The number of rotatable bonds is 7. The average molecular weight is 471 g/mol. The predicted octanol–water partition coefficient (Wildman–Crippen LogP) is 4.91. The lowest BCUT2D eigenvalue weighted by molar-refractivity contribution is -0.384. The van der Waals surface area contributed by atoms with Crippen molar-refractivity contribution in [2.75, 3.05) is 18.4 Å². The monoisotopic (exact) mass is 470 g/mol. The molecule has 168 valence electrons. The van der Waals surface area contributed by atoms with Crippen molar-refractivity contribution in [3.05, 3.63) is 62.3 Å². The maximum atomic E-state index is 12.9.